The maximum absolute atomic E-state index is 14.4. The molecule has 1 aliphatic heterocycles. The zero-order valence-electron chi connectivity index (χ0n) is 28.1. The number of benzene rings is 3. The van der Waals surface area contributed by atoms with Gasteiger partial charge in [0, 0.05) is 37.8 Å². The number of aliphatic hydroxyl groups excluding tert-OH is 1. The van der Waals surface area contributed by atoms with Gasteiger partial charge < -0.3 is 24.2 Å². The number of hydrogen-bond donors (Lipinski definition) is 2. The number of likely N-dealkylation sites (N-methyl/N-ethyl adjacent to an activating group) is 1. The summed E-state index contributed by atoms with van der Waals surface area (Å²) >= 11 is 0. The molecule has 0 bridgehead atoms. The van der Waals surface area contributed by atoms with Gasteiger partial charge in [0.2, 0.25) is 0 Å². The van der Waals surface area contributed by atoms with E-state index in [1.807, 2.05) is 31.2 Å². The fourth-order valence-corrected chi connectivity index (χ4v) is 6.75. The molecule has 0 fully saturated rings. The highest BCUT2D eigenvalue weighted by atomic mass is 32.2. The molecule has 256 valence electrons. The molecule has 4 atom stereocenters. The molecule has 0 spiro atoms. The first-order chi connectivity index (χ1) is 22.5. The number of hydrogen-bond acceptors (Lipinski definition) is 8. The topological polar surface area (TPSA) is 118 Å². The average Bonchev–Trinajstić information content (AvgIpc) is 3.06. The second-order valence-corrected chi connectivity index (χ2v) is 14.2. The number of carbonyl (C=O) groups excluding carboxylic acids is 1. The van der Waals surface area contributed by atoms with Gasteiger partial charge in [-0.05, 0) is 88.2 Å². The van der Waals surface area contributed by atoms with Crippen molar-refractivity contribution < 1.29 is 32.5 Å². The molecule has 1 heterocycles. The summed E-state index contributed by atoms with van der Waals surface area (Å²) in [6.07, 6.45) is 2.14. The van der Waals surface area contributed by atoms with Gasteiger partial charge in [-0.25, -0.2) is 8.42 Å². The fraction of sp³-hybridized carbons (Fsp3) is 0.472. The Morgan fingerprint density at radius 3 is 2.47 bits per heavy atom. The number of nitrogens with zero attached hydrogens (tertiary/aromatic N) is 2. The van der Waals surface area contributed by atoms with Gasteiger partial charge in [0.05, 0.1) is 42.4 Å². The van der Waals surface area contributed by atoms with Crippen molar-refractivity contribution in [2.45, 2.75) is 69.7 Å². The van der Waals surface area contributed by atoms with Gasteiger partial charge in [-0.3, -0.25) is 14.4 Å². The predicted octanol–water partition coefficient (Wildman–Crippen LogP) is 5.42. The molecule has 1 aliphatic rings. The van der Waals surface area contributed by atoms with Gasteiger partial charge in [0.25, 0.3) is 15.9 Å². The van der Waals surface area contributed by atoms with Gasteiger partial charge in [-0.2, -0.15) is 0 Å². The Labute approximate surface area is 279 Å². The van der Waals surface area contributed by atoms with E-state index in [0.717, 1.165) is 37.1 Å². The molecule has 11 heteroatoms. The Bertz CT molecular complexity index is 1540. The van der Waals surface area contributed by atoms with Crippen LogP contribution >= 0.6 is 0 Å². The number of ether oxygens (including phenoxy) is 3. The van der Waals surface area contributed by atoms with Crippen molar-refractivity contribution in [3.05, 3.63) is 83.9 Å². The molecular formula is C36H49N3O7S. The Balaban J connectivity index is 1.62. The summed E-state index contributed by atoms with van der Waals surface area (Å²) in [4.78, 5) is 18.3. The maximum Gasteiger partial charge on any atom is 0.261 e. The van der Waals surface area contributed by atoms with Gasteiger partial charge in [-0.15, -0.1) is 0 Å². The normalized spacial score (nSPS) is 20.5. The third-order valence-corrected chi connectivity index (χ3v) is 9.86. The van der Waals surface area contributed by atoms with Crippen molar-refractivity contribution in [3.63, 3.8) is 0 Å². The first-order valence-corrected chi connectivity index (χ1v) is 17.7. The molecule has 3 aromatic rings. The highest BCUT2D eigenvalue weighted by Gasteiger charge is 2.30. The van der Waals surface area contributed by atoms with E-state index in [1.165, 1.54) is 18.2 Å². The first-order valence-electron chi connectivity index (χ1n) is 16.2. The van der Waals surface area contributed by atoms with E-state index >= 15 is 0 Å². The Morgan fingerprint density at radius 1 is 1.06 bits per heavy atom. The van der Waals surface area contributed by atoms with E-state index in [9.17, 15) is 18.3 Å². The van der Waals surface area contributed by atoms with Crippen LogP contribution in [0.3, 0.4) is 0 Å². The Kier molecular flexibility index (Phi) is 13.1. The van der Waals surface area contributed by atoms with E-state index in [0.29, 0.717) is 25.4 Å². The van der Waals surface area contributed by atoms with Crippen LogP contribution in [-0.2, 0) is 21.3 Å². The lowest BCUT2D eigenvalue weighted by Crippen LogP contribution is -2.47. The monoisotopic (exact) mass is 667 g/mol. The van der Waals surface area contributed by atoms with E-state index in [2.05, 4.69) is 23.6 Å². The highest BCUT2D eigenvalue weighted by molar-refractivity contribution is 7.92. The van der Waals surface area contributed by atoms with E-state index in [4.69, 9.17) is 14.2 Å². The number of sulfonamides is 1. The van der Waals surface area contributed by atoms with Crippen LogP contribution in [0, 0.1) is 5.92 Å². The SMILES string of the molecule is COc1ccc(CN(C)C[C@@H]2OCCCC[C@H](C)Oc3ccc(NS(=O)(=O)c4ccccc4)cc3C(=O)N([C@H](C)CO)C[C@@H]2C)cc1. The summed E-state index contributed by atoms with van der Waals surface area (Å²) in [5.41, 5.74) is 1.62. The van der Waals surface area contributed by atoms with Crippen molar-refractivity contribution >= 4 is 21.6 Å². The predicted molar refractivity (Wildman–Crippen MR) is 183 cm³/mol. The molecule has 0 radical (unpaired) electrons. The minimum absolute atomic E-state index is 0.0859. The van der Waals surface area contributed by atoms with E-state index < -0.39 is 16.1 Å². The molecule has 0 aromatic heterocycles. The van der Waals surface area contributed by atoms with Crippen LogP contribution in [0.5, 0.6) is 11.5 Å². The van der Waals surface area contributed by atoms with E-state index in [1.54, 1.807) is 49.3 Å². The number of aliphatic hydroxyl groups is 1. The second-order valence-electron chi connectivity index (χ2n) is 12.5. The lowest BCUT2D eigenvalue weighted by Gasteiger charge is -2.36. The Hall–Kier alpha value is -3.64. The van der Waals surface area contributed by atoms with Crippen molar-refractivity contribution in [1.29, 1.82) is 0 Å². The molecule has 10 nitrogen and oxygen atoms in total. The van der Waals surface area contributed by atoms with Gasteiger partial charge in [-0.1, -0.05) is 37.3 Å². The molecule has 0 aliphatic carbocycles. The van der Waals surface area contributed by atoms with Crippen LogP contribution in [0.25, 0.3) is 0 Å². The van der Waals surface area contributed by atoms with Crippen molar-refractivity contribution in [3.8, 4) is 11.5 Å². The number of nitrogens with one attached hydrogen (secondary N) is 1. The quantitative estimate of drug-likeness (QED) is 0.294. The summed E-state index contributed by atoms with van der Waals surface area (Å²) in [5, 5.41) is 10.2. The lowest BCUT2D eigenvalue weighted by atomic mass is 10.0. The molecule has 2 N–H and O–H groups in total. The number of amides is 1. The highest BCUT2D eigenvalue weighted by Crippen LogP contribution is 2.29. The third-order valence-electron chi connectivity index (χ3n) is 8.46. The molecule has 0 unspecified atom stereocenters. The van der Waals surface area contributed by atoms with Crippen LogP contribution in [0.2, 0.25) is 0 Å². The third kappa shape index (κ3) is 10.2. The minimum Gasteiger partial charge on any atom is -0.497 e. The summed E-state index contributed by atoms with van der Waals surface area (Å²) in [5.74, 6) is 0.738. The van der Waals surface area contributed by atoms with Crippen LogP contribution in [-0.4, -0.2) is 87.9 Å². The number of rotatable bonds is 10. The van der Waals surface area contributed by atoms with Gasteiger partial charge in [0.1, 0.15) is 11.5 Å². The molecule has 3 aromatic carbocycles. The first kappa shape index (κ1) is 36.2. The minimum atomic E-state index is -3.89. The Morgan fingerprint density at radius 2 is 1.79 bits per heavy atom. The van der Waals surface area contributed by atoms with Crippen molar-refractivity contribution in [2.24, 2.45) is 5.92 Å². The fourth-order valence-electron chi connectivity index (χ4n) is 5.68. The summed E-state index contributed by atoms with van der Waals surface area (Å²) in [7, 11) is -0.185. The maximum atomic E-state index is 14.4. The van der Waals surface area contributed by atoms with Crippen molar-refractivity contribution in [2.75, 3.05) is 45.2 Å². The van der Waals surface area contributed by atoms with Crippen molar-refractivity contribution in [1.82, 2.24) is 9.80 Å². The zero-order valence-corrected chi connectivity index (χ0v) is 28.9. The number of carbonyl (C=O) groups is 1. The second kappa shape index (κ2) is 17.0. The summed E-state index contributed by atoms with van der Waals surface area (Å²) in [6.45, 7) is 7.84. The zero-order chi connectivity index (χ0) is 34.0. The smallest absolute Gasteiger partial charge is 0.261 e. The standard InChI is InChI=1S/C36H49N3O7S/c1-26-22-39(27(2)25-40)36(41)33-21-30(37-47(42,43)32-12-7-6-8-13-32)16-19-34(33)46-28(3)11-9-10-20-45-35(26)24-38(4)23-29-14-17-31(44-5)18-15-29/h6-8,12-19,21,26-28,35,37,40H,9-11,20,22-25H2,1-5H3/t26-,27+,28-,35-/m0/s1. The van der Waals surface area contributed by atoms with Crippen LogP contribution < -0.4 is 14.2 Å². The molecule has 1 amide bonds. The molecular weight excluding hydrogens is 618 g/mol. The summed E-state index contributed by atoms with van der Waals surface area (Å²) < 4.78 is 46.9. The van der Waals surface area contributed by atoms with Gasteiger partial charge >= 0.3 is 0 Å². The van der Waals surface area contributed by atoms with Gasteiger partial charge in [0.15, 0.2) is 0 Å². The molecule has 0 saturated carbocycles. The van der Waals surface area contributed by atoms with Crippen LogP contribution in [0.15, 0.2) is 77.7 Å². The number of methoxy groups -OCH3 is 1. The lowest BCUT2D eigenvalue weighted by molar-refractivity contribution is -0.0177. The summed E-state index contributed by atoms with van der Waals surface area (Å²) in [6, 6.07) is 20.3. The van der Waals surface area contributed by atoms with Crippen LogP contribution in [0.4, 0.5) is 5.69 Å². The van der Waals surface area contributed by atoms with E-state index in [-0.39, 0.29) is 46.8 Å². The molecule has 4 rings (SSSR count). The van der Waals surface area contributed by atoms with Crippen LogP contribution in [0.1, 0.15) is 56.0 Å². The number of fused-ring (bicyclic) bond motifs is 1. The number of anilines is 1. The average molecular weight is 668 g/mol. The molecule has 0 saturated heterocycles. The molecule has 47 heavy (non-hydrogen) atoms. The largest absolute Gasteiger partial charge is 0.497 e.